The lowest BCUT2D eigenvalue weighted by Gasteiger charge is -2.29. The molecule has 0 aliphatic heterocycles. The van der Waals surface area contributed by atoms with Gasteiger partial charge in [0.25, 0.3) is 5.91 Å². The molecule has 0 N–H and O–H groups in total. The zero-order valence-electron chi connectivity index (χ0n) is 14.3. The molecule has 1 aromatic heterocycles. The number of fused-ring (bicyclic) bond motifs is 1. The molecule has 3 rings (SSSR count). The molecule has 0 saturated heterocycles. The van der Waals surface area contributed by atoms with E-state index in [1.165, 1.54) is 0 Å². The summed E-state index contributed by atoms with van der Waals surface area (Å²) in [7, 11) is 0. The van der Waals surface area contributed by atoms with E-state index in [9.17, 15) is 4.79 Å². The van der Waals surface area contributed by atoms with E-state index in [0.717, 1.165) is 27.5 Å². The highest BCUT2D eigenvalue weighted by atomic mass is 79.9. The minimum absolute atomic E-state index is 0.0590. The fraction of sp³-hybridized carbons (Fsp3) is 0.250. The molecule has 3 aromatic rings. The Morgan fingerprint density at radius 2 is 1.80 bits per heavy atom. The Morgan fingerprint density at radius 3 is 2.52 bits per heavy atom. The average Bonchev–Trinajstić information content (AvgIpc) is 2.65. The van der Waals surface area contributed by atoms with Crippen LogP contribution >= 0.6 is 15.9 Å². The standard InChI is InChI=1S/C20H20BrN3O/c1-3-12-24(14(2)15-8-4-5-9-16(15)21)20(25)19-13-22-17-10-6-7-11-18(17)23-19/h4-11,13-14H,3,12H2,1-2H3. The lowest BCUT2D eigenvalue weighted by molar-refractivity contribution is 0.0684. The normalized spacial score (nSPS) is 12.1. The molecule has 128 valence electrons. The van der Waals surface area contributed by atoms with E-state index in [2.05, 4.69) is 32.8 Å². The molecule has 0 aliphatic carbocycles. The van der Waals surface area contributed by atoms with Crippen molar-refractivity contribution in [2.75, 3.05) is 6.54 Å². The van der Waals surface area contributed by atoms with Crippen molar-refractivity contribution in [1.29, 1.82) is 0 Å². The minimum atomic E-state index is -0.0941. The second-order valence-electron chi connectivity index (χ2n) is 5.94. The summed E-state index contributed by atoms with van der Waals surface area (Å²) >= 11 is 3.59. The van der Waals surface area contributed by atoms with Crippen LogP contribution in [0.2, 0.25) is 0 Å². The number of amides is 1. The predicted octanol–water partition coefficient (Wildman–Crippen LogP) is 5.01. The van der Waals surface area contributed by atoms with Crippen LogP contribution in [0.5, 0.6) is 0 Å². The van der Waals surface area contributed by atoms with Gasteiger partial charge < -0.3 is 4.90 Å². The van der Waals surface area contributed by atoms with Gasteiger partial charge in [0.1, 0.15) is 5.69 Å². The van der Waals surface area contributed by atoms with E-state index >= 15 is 0 Å². The van der Waals surface area contributed by atoms with Crippen molar-refractivity contribution < 1.29 is 4.79 Å². The second-order valence-corrected chi connectivity index (χ2v) is 6.79. The Kier molecular flexibility index (Phi) is 5.43. The number of rotatable bonds is 5. The smallest absolute Gasteiger partial charge is 0.274 e. The van der Waals surface area contributed by atoms with Crippen LogP contribution in [0.15, 0.2) is 59.2 Å². The molecule has 1 atom stereocenters. The Morgan fingerprint density at radius 1 is 1.12 bits per heavy atom. The summed E-state index contributed by atoms with van der Waals surface area (Å²) < 4.78 is 1.00. The number of carbonyl (C=O) groups excluding carboxylic acids is 1. The molecule has 0 radical (unpaired) electrons. The maximum Gasteiger partial charge on any atom is 0.274 e. The fourth-order valence-electron chi connectivity index (χ4n) is 2.90. The van der Waals surface area contributed by atoms with Gasteiger partial charge >= 0.3 is 0 Å². The van der Waals surface area contributed by atoms with Crippen LogP contribution in [-0.2, 0) is 0 Å². The van der Waals surface area contributed by atoms with Crippen LogP contribution < -0.4 is 0 Å². The first-order chi connectivity index (χ1) is 12.1. The summed E-state index contributed by atoms with van der Waals surface area (Å²) in [6, 6.07) is 15.5. The van der Waals surface area contributed by atoms with E-state index in [-0.39, 0.29) is 11.9 Å². The van der Waals surface area contributed by atoms with Gasteiger partial charge in [-0.3, -0.25) is 9.78 Å². The summed E-state index contributed by atoms with van der Waals surface area (Å²) in [4.78, 5) is 23.9. The molecule has 25 heavy (non-hydrogen) atoms. The van der Waals surface area contributed by atoms with E-state index in [0.29, 0.717) is 12.2 Å². The molecule has 1 unspecified atom stereocenters. The van der Waals surface area contributed by atoms with Gasteiger partial charge in [0.15, 0.2) is 0 Å². The number of benzene rings is 2. The average molecular weight is 398 g/mol. The van der Waals surface area contributed by atoms with Gasteiger partial charge in [-0.25, -0.2) is 4.98 Å². The number of hydrogen-bond donors (Lipinski definition) is 0. The van der Waals surface area contributed by atoms with Gasteiger partial charge in [-0.2, -0.15) is 0 Å². The topological polar surface area (TPSA) is 46.1 Å². The van der Waals surface area contributed by atoms with Crippen molar-refractivity contribution in [3.05, 3.63) is 70.5 Å². The molecule has 4 nitrogen and oxygen atoms in total. The molecule has 5 heteroatoms. The van der Waals surface area contributed by atoms with Crippen molar-refractivity contribution in [3.63, 3.8) is 0 Å². The summed E-state index contributed by atoms with van der Waals surface area (Å²) in [6.07, 6.45) is 2.45. The van der Waals surface area contributed by atoms with Gasteiger partial charge in [0.05, 0.1) is 23.3 Å². The van der Waals surface area contributed by atoms with Gasteiger partial charge in [-0.1, -0.05) is 53.2 Å². The summed E-state index contributed by atoms with van der Waals surface area (Å²) in [5, 5.41) is 0. The Bertz CT molecular complexity index is 897. The van der Waals surface area contributed by atoms with Crippen LogP contribution in [0.4, 0.5) is 0 Å². The molecule has 0 fully saturated rings. The van der Waals surface area contributed by atoms with E-state index < -0.39 is 0 Å². The van der Waals surface area contributed by atoms with Crippen LogP contribution in [-0.4, -0.2) is 27.3 Å². The van der Waals surface area contributed by atoms with Crippen LogP contribution in [0.3, 0.4) is 0 Å². The van der Waals surface area contributed by atoms with Crippen molar-refractivity contribution in [2.45, 2.75) is 26.3 Å². The Balaban J connectivity index is 1.95. The highest BCUT2D eigenvalue weighted by Gasteiger charge is 2.24. The third kappa shape index (κ3) is 3.71. The van der Waals surface area contributed by atoms with Gasteiger partial charge in [0.2, 0.25) is 0 Å². The van der Waals surface area contributed by atoms with Crippen LogP contribution in [0.25, 0.3) is 11.0 Å². The van der Waals surface area contributed by atoms with E-state index in [4.69, 9.17) is 0 Å². The van der Waals surface area contributed by atoms with Gasteiger partial charge in [0, 0.05) is 11.0 Å². The monoisotopic (exact) mass is 397 g/mol. The molecule has 0 bridgehead atoms. The van der Waals surface area contributed by atoms with Crippen LogP contribution in [0, 0.1) is 0 Å². The maximum absolute atomic E-state index is 13.1. The lowest BCUT2D eigenvalue weighted by atomic mass is 10.1. The first-order valence-corrected chi connectivity index (χ1v) is 9.18. The molecule has 2 aromatic carbocycles. The quantitative estimate of drug-likeness (QED) is 0.607. The molecular formula is C20H20BrN3O. The van der Waals surface area contributed by atoms with Crippen molar-refractivity contribution in [1.82, 2.24) is 14.9 Å². The zero-order chi connectivity index (χ0) is 17.8. The largest absolute Gasteiger partial charge is 0.330 e. The van der Waals surface area contributed by atoms with Gasteiger partial charge in [-0.05, 0) is 37.1 Å². The summed E-state index contributed by atoms with van der Waals surface area (Å²) in [5.41, 5.74) is 2.99. The minimum Gasteiger partial charge on any atom is -0.330 e. The number of halogens is 1. The first kappa shape index (κ1) is 17.5. The van der Waals surface area contributed by atoms with E-state index in [1.54, 1.807) is 6.20 Å². The molecular weight excluding hydrogens is 378 g/mol. The summed E-state index contributed by atoms with van der Waals surface area (Å²) in [6.45, 7) is 4.77. The third-order valence-electron chi connectivity index (χ3n) is 4.22. The Hall–Kier alpha value is -2.27. The number of hydrogen-bond acceptors (Lipinski definition) is 3. The molecule has 0 saturated carbocycles. The summed E-state index contributed by atoms with van der Waals surface area (Å²) in [5.74, 6) is -0.0941. The number of aromatic nitrogens is 2. The maximum atomic E-state index is 13.1. The first-order valence-electron chi connectivity index (χ1n) is 8.39. The van der Waals surface area contributed by atoms with Crippen LogP contribution in [0.1, 0.15) is 42.4 Å². The van der Waals surface area contributed by atoms with Gasteiger partial charge in [-0.15, -0.1) is 0 Å². The molecule has 1 amide bonds. The van der Waals surface area contributed by atoms with Crippen molar-refractivity contribution in [2.24, 2.45) is 0 Å². The molecule has 0 aliphatic rings. The predicted molar refractivity (Wildman–Crippen MR) is 103 cm³/mol. The van der Waals surface area contributed by atoms with Crippen molar-refractivity contribution >= 4 is 32.9 Å². The molecule has 0 spiro atoms. The van der Waals surface area contributed by atoms with Crippen molar-refractivity contribution in [3.8, 4) is 0 Å². The number of nitrogens with zero attached hydrogens (tertiary/aromatic N) is 3. The highest BCUT2D eigenvalue weighted by molar-refractivity contribution is 9.10. The second kappa shape index (κ2) is 7.74. The van der Waals surface area contributed by atoms with E-state index in [1.807, 2.05) is 60.4 Å². The fourth-order valence-corrected chi connectivity index (χ4v) is 3.52. The third-order valence-corrected chi connectivity index (χ3v) is 4.94. The Labute approximate surface area is 156 Å². The SMILES string of the molecule is CCCN(C(=O)c1cnc2ccccc2n1)C(C)c1ccccc1Br. The zero-order valence-corrected chi connectivity index (χ0v) is 15.9. The molecule has 1 heterocycles. The lowest BCUT2D eigenvalue weighted by Crippen LogP contribution is -2.35. The highest BCUT2D eigenvalue weighted by Crippen LogP contribution is 2.28. The number of carbonyl (C=O) groups is 1. The number of para-hydroxylation sites is 2.